The molecule has 0 amide bonds. The van der Waals surface area contributed by atoms with E-state index in [0.29, 0.717) is 0 Å². The van der Waals surface area contributed by atoms with Gasteiger partial charge in [-0.15, -0.1) is 0 Å². The fourth-order valence-corrected chi connectivity index (χ4v) is 2.10. The third-order valence-corrected chi connectivity index (χ3v) is 3.03. The number of benzene rings is 2. The maximum atomic E-state index is 11.8. The van der Waals surface area contributed by atoms with E-state index in [9.17, 15) is 4.79 Å². The molecule has 1 radical (unpaired) electrons. The molecule has 0 bridgehead atoms. The first-order valence-electron chi connectivity index (χ1n) is 4.72. The Bertz CT molecular complexity index is 437. The summed E-state index contributed by atoms with van der Waals surface area (Å²) >= 11 is 0. The number of rotatable bonds is 3. The minimum absolute atomic E-state index is 0.141. The summed E-state index contributed by atoms with van der Waals surface area (Å²) in [5.74, 6) is 0. The van der Waals surface area contributed by atoms with Crippen LogP contribution >= 0.6 is 8.58 Å². The molecule has 73 valence electrons. The average molecular weight is 213 g/mol. The SMILES string of the molecule is O=C([P]c1ccccc1)c1ccccc1. The monoisotopic (exact) mass is 213 g/mol. The smallest absolute Gasteiger partial charge is 0.193 e. The van der Waals surface area contributed by atoms with Crippen LogP contribution in [0.25, 0.3) is 0 Å². The number of carbonyl (C=O) groups is 1. The third kappa shape index (κ3) is 2.74. The lowest BCUT2D eigenvalue weighted by molar-refractivity contribution is 0.108. The van der Waals surface area contributed by atoms with E-state index in [1.165, 1.54) is 0 Å². The van der Waals surface area contributed by atoms with Gasteiger partial charge in [-0.1, -0.05) is 60.7 Å². The van der Waals surface area contributed by atoms with Gasteiger partial charge < -0.3 is 0 Å². The van der Waals surface area contributed by atoms with Crippen molar-refractivity contribution >= 4 is 19.4 Å². The molecule has 0 N–H and O–H groups in total. The largest absolute Gasteiger partial charge is 0.288 e. The first-order valence-corrected chi connectivity index (χ1v) is 5.62. The molecule has 0 aliphatic rings. The number of hydrogen-bond acceptors (Lipinski definition) is 1. The van der Waals surface area contributed by atoms with Crippen molar-refractivity contribution in [2.75, 3.05) is 0 Å². The van der Waals surface area contributed by atoms with Gasteiger partial charge in [-0.2, -0.15) is 0 Å². The van der Waals surface area contributed by atoms with Crippen molar-refractivity contribution < 1.29 is 4.79 Å². The van der Waals surface area contributed by atoms with Gasteiger partial charge in [0.15, 0.2) is 5.52 Å². The summed E-state index contributed by atoms with van der Waals surface area (Å²) in [6, 6.07) is 19.1. The second kappa shape index (κ2) is 4.86. The Hall–Kier alpha value is -1.46. The van der Waals surface area contributed by atoms with E-state index in [4.69, 9.17) is 0 Å². The van der Waals surface area contributed by atoms with Crippen molar-refractivity contribution in [2.45, 2.75) is 0 Å². The number of carbonyl (C=O) groups excluding carboxylic acids is 1. The molecule has 0 fully saturated rings. The van der Waals surface area contributed by atoms with Gasteiger partial charge in [-0.25, -0.2) is 0 Å². The fourth-order valence-electron chi connectivity index (χ4n) is 1.27. The van der Waals surface area contributed by atoms with E-state index in [1.807, 2.05) is 60.7 Å². The van der Waals surface area contributed by atoms with E-state index >= 15 is 0 Å². The van der Waals surface area contributed by atoms with Crippen LogP contribution in [0, 0.1) is 0 Å². The maximum absolute atomic E-state index is 11.8. The Kier molecular flexibility index (Phi) is 3.26. The van der Waals surface area contributed by atoms with Crippen LogP contribution in [0.4, 0.5) is 0 Å². The van der Waals surface area contributed by atoms with E-state index in [1.54, 1.807) is 0 Å². The normalized spacial score (nSPS) is 10.7. The van der Waals surface area contributed by atoms with Crippen LogP contribution < -0.4 is 5.30 Å². The molecular formula is C13H10OP. The molecule has 1 nitrogen and oxygen atoms in total. The first-order chi connectivity index (χ1) is 7.36. The molecule has 0 unspecified atom stereocenters. The summed E-state index contributed by atoms with van der Waals surface area (Å²) < 4.78 is 0. The van der Waals surface area contributed by atoms with E-state index in [-0.39, 0.29) is 5.52 Å². The van der Waals surface area contributed by atoms with Gasteiger partial charge in [0.25, 0.3) is 0 Å². The second-order valence-electron chi connectivity index (χ2n) is 3.12. The number of hydrogen-bond donors (Lipinski definition) is 0. The molecule has 2 aromatic rings. The molecule has 2 rings (SSSR count). The van der Waals surface area contributed by atoms with Crippen molar-refractivity contribution in [3.63, 3.8) is 0 Å². The molecule has 0 aliphatic heterocycles. The molecule has 15 heavy (non-hydrogen) atoms. The predicted octanol–water partition coefficient (Wildman–Crippen LogP) is 3.10. The van der Waals surface area contributed by atoms with E-state index in [2.05, 4.69) is 0 Å². The summed E-state index contributed by atoms with van der Waals surface area (Å²) in [7, 11) is 0.737. The zero-order chi connectivity index (χ0) is 10.5. The highest BCUT2D eigenvalue weighted by Crippen LogP contribution is 2.17. The highest BCUT2D eigenvalue weighted by molar-refractivity contribution is 7.66. The Balaban J connectivity index is 2.12. The molecule has 0 aromatic heterocycles. The van der Waals surface area contributed by atoms with Crippen LogP contribution in [-0.2, 0) is 0 Å². The zero-order valence-corrected chi connectivity index (χ0v) is 9.02. The lowest BCUT2D eigenvalue weighted by atomic mass is 10.2. The lowest BCUT2D eigenvalue weighted by Crippen LogP contribution is -1.99. The van der Waals surface area contributed by atoms with Crippen LogP contribution in [0.5, 0.6) is 0 Å². The molecular weight excluding hydrogens is 203 g/mol. The molecule has 0 saturated carbocycles. The minimum atomic E-state index is 0.141. The molecule has 0 saturated heterocycles. The second-order valence-corrected chi connectivity index (χ2v) is 4.26. The Labute approximate surface area is 90.9 Å². The molecule has 0 heterocycles. The summed E-state index contributed by atoms with van der Waals surface area (Å²) in [5, 5.41) is 1.03. The minimum Gasteiger partial charge on any atom is -0.288 e. The van der Waals surface area contributed by atoms with Gasteiger partial charge in [-0.3, -0.25) is 4.79 Å². The van der Waals surface area contributed by atoms with Gasteiger partial charge in [0, 0.05) is 14.1 Å². The molecule has 0 aliphatic carbocycles. The highest BCUT2D eigenvalue weighted by atomic mass is 31.1. The standard InChI is InChI=1S/C13H10OP/c14-13(11-7-3-1-4-8-11)15-12-9-5-2-6-10-12/h1-10H. The Morgan fingerprint density at radius 1 is 0.800 bits per heavy atom. The first kappa shape index (κ1) is 10.1. The summed E-state index contributed by atoms with van der Waals surface area (Å²) in [5.41, 5.74) is 0.907. The quantitative estimate of drug-likeness (QED) is 0.716. The summed E-state index contributed by atoms with van der Waals surface area (Å²) in [6.45, 7) is 0. The molecule has 0 atom stereocenters. The summed E-state index contributed by atoms with van der Waals surface area (Å²) in [4.78, 5) is 11.8. The Morgan fingerprint density at radius 3 is 1.93 bits per heavy atom. The van der Waals surface area contributed by atoms with Gasteiger partial charge >= 0.3 is 0 Å². The summed E-state index contributed by atoms with van der Waals surface area (Å²) in [6.07, 6.45) is 0. The topological polar surface area (TPSA) is 17.1 Å². The van der Waals surface area contributed by atoms with Crippen LogP contribution in [0.15, 0.2) is 60.7 Å². The molecule has 0 spiro atoms. The van der Waals surface area contributed by atoms with E-state index < -0.39 is 0 Å². The molecule has 2 aromatic carbocycles. The van der Waals surface area contributed by atoms with Crippen LogP contribution in [0.3, 0.4) is 0 Å². The zero-order valence-electron chi connectivity index (χ0n) is 8.13. The Morgan fingerprint density at radius 2 is 1.33 bits per heavy atom. The van der Waals surface area contributed by atoms with Gasteiger partial charge in [0.1, 0.15) is 0 Å². The van der Waals surface area contributed by atoms with Gasteiger partial charge in [0.2, 0.25) is 0 Å². The highest BCUT2D eigenvalue weighted by Gasteiger charge is 2.06. The van der Waals surface area contributed by atoms with Crippen molar-refractivity contribution in [3.05, 3.63) is 66.2 Å². The van der Waals surface area contributed by atoms with Gasteiger partial charge in [-0.05, 0) is 5.30 Å². The van der Waals surface area contributed by atoms with Crippen LogP contribution in [0.1, 0.15) is 10.4 Å². The third-order valence-electron chi connectivity index (χ3n) is 2.01. The average Bonchev–Trinajstić information content (AvgIpc) is 2.31. The molecule has 2 heteroatoms. The van der Waals surface area contributed by atoms with Crippen molar-refractivity contribution in [2.24, 2.45) is 0 Å². The van der Waals surface area contributed by atoms with Crippen molar-refractivity contribution in [3.8, 4) is 0 Å². The predicted molar refractivity (Wildman–Crippen MR) is 63.8 cm³/mol. The van der Waals surface area contributed by atoms with E-state index in [0.717, 1.165) is 19.4 Å². The van der Waals surface area contributed by atoms with Crippen molar-refractivity contribution in [1.82, 2.24) is 0 Å². The van der Waals surface area contributed by atoms with Crippen LogP contribution in [0.2, 0.25) is 0 Å². The van der Waals surface area contributed by atoms with Crippen molar-refractivity contribution in [1.29, 1.82) is 0 Å². The maximum Gasteiger partial charge on any atom is 0.193 e. The van der Waals surface area contributed by atoms with Crippen LogP contribution in [-0.4, -0.2) is 5.52 Å². The fraction of sp³-hybridized carbons (Fsp3) is 0. The lowest BCUT2D eigenvalue weighted by Gasteiger charge is -1.99. The van der Waals surface area contributed by atoms with Gasteiger partial charge in [0.05, 0.1) is 0 Å².